The second-order valence-corrected chi connectivity index (χ2v) is 4.44. The molecule has 3 N–H and O–H groups in total. The van der Waals surface area contributed by atoms with Crippen LogP contribution < -0.4 is 5.73 Å². The summed E-state index contributed by atoms with van der Waals surface area (Å²) in [6, 6.07) is 7.68. The van der Waals surface area contributed by atoms with Crippen LogP contribution >= 0.6 is 0 Å². The highest BCUT2D eigenvalue weighted by Crippen LogP contribution is 2.14. The summed E-state index contributed by atoms with van der Waals surface area (Å²) in [6.45, 7) is 1.98. The van der Waals surface area contributed by atoms with Gasteiger partial charge in [0.25, 0.3) is 0 Å². The fraction of sp³-hybridized carbons (Fsp3) is 0.308. The van der Waals surface area contributed by atoms with Gasteiger partial charge in [0.1, 0.15) is 5.82 Å². The van der Waals surface area contributed by atoms with Crippen LogP contribution in [0.5, 0.6) is 0 Å². The molecule has 0 radical (unpaired) electrons. The minimum atomic E-state index is -0.197. The maximum Gasteiger partial charge on any atom is 0.243 e. The number of H-pyrrole nitrogens is 1. The third-order valence-electron chi connectivity index (χ3n) is 3.00. The van der Waals surface area contributed by atoms with Crippen molar-refractivity contribution in [3.8, 4) is 0 Å². The first-order valence-electron chi connectivity index (χ1n) is 6.28. The second-order valence-electron chi connectivity index (χ2n) is 4.44. The lowest BCUT2D eigenvalue weighted by molar-refractivity contribution is 0.348. The predicted octanol–water partition coefficient (Wildman–Crippen LogP) is 1.95. The standard InChI is InChI=1S/C13H15N5O/c1-2-8(14)13-17-12(18-19-13)7-11-15-9-5-3-4-6-10(9)16-11/h3-6,8H,2,7,14H2,1H3,(H,15,16)/t8-/m1/s1. The van der Waals surface area contributed by atoms with Crippen LogP contribution in [0.2, 0.25) is 0 Å². The van der Waals surface area contributed by atoms with Gasteiger partial charge in [0, 0.05) is 0 Å². The van der Waals surface area contributed by atoms with E-state index in [0.29, 0.717) is 18.1 Å². The number of aromatic amines is 1. The van der Waals surface area contributed by atoms with Crippen LogP contribution in [0.3, 0.4) is 0 Å². The zero-order chi connectivity index (χ0) is 13.2. The first-order chi connectivity index (χ1) is 9.26. The Morgan fingerprint density at radius 3 is 2.95 bits per heavy atom. The number of fused-ring (bicyclic) bond motifs is 1. The molecule has 0 saturated heterocycles. The quantitative estimate of drug-likeness (QED) is 0.745. The Bertz CT molecular complexity index is 654. The van der Waals surface area contributed by atoms with Gasteiger partial charge in [0.05, 0.1) is 23.5 Å². The van der Waals surface area contributed by atoms with E-state index in [1.807, 2.05) is 31.2 Å². The van der Waals surface area contributed by atoms with Crippen molar-refractivity contribution in [2.24, 2.45) is 5.73 Å². The number of rotatable bonds is 4. The molecule has 6 heteroatoms. The average Bonchev–Trinajstić information content (AvgIpc) is 3.04. The number of benzene rings is 1. The van der Waals surface area contributed by atoms with Gasteiger partial charge in [0.2, 0.25) is 5.89 Å². The molecule has 3 rings (SSSR count). The molecule has 0 bridgehead atoms. The number of hydrogen-bond acceptors (Lipinski definition) is 5. The SMILES string of the molecule is CC[C@@H](N)c1nc(Cc2nc3ccccc3[nH]2)no1. The molecule has 3 aromatic rings. The highest BCUT2D eigenvalue weighted by atomic mass is 16.5. The Balaban J connectivity index is 1.82. The van der Waals surface area contributed by atoms with Crippen LogP contribution in [0, 0.1) is 0 Å². The highest BCUT2D eigenvalue weighted by molar-refractivity contribution is 5.74. The molecule has 6 nitrogen and oxygen atoms in total. The number of nitrogens with zero attached hydrogens (tertiary/aromatic N) is 3. The number of imidazole rings is 1. The fourth-order valence-corrected chi connectivity index (χ4v) is 1.90. The molecule has 0 amide bonds. The minimum absolute atomic E-state index is 0.197. The summed E-state index contributed by atoms with van der Waals surface area (Å²) in [6.07, 6.45) is 1.28. The fourth-order valence-electron chi connectivity index (χ4n) is 1.90. The third kappa shape index (κ3) is 2.34. The van der Waals surface area contributed by atoms with E-state index in [1.54, 1.807) is 0 Å². The molecule has 1 aromatic carbocycles. The van der Waals surface area contributed by atoms with E-state index >= 15 is 0 Å². The van der Waals surface area contributed by atoms with E-state index < -0.39 is 0 Å². The van der Waals surface area contributed by atoms with E-state index in [9.17, 15) is 0 Å². The van der Waals surface area contributed by atoms with E-state index in [4.69, 9.17) is 10.3 Å². The molecule has 0 fully saturated rings. The van der Waals surface area contributed by atoms with E-state index in [2.05, 4.69) is 20.1 Å². The number of aromatic nitrogens is 4. The van der Waals surface area contributed by atoms with Crippen molar-refractivity contribution < 1.29 is 4.52 Å². The Morgan fingerprint density at radius 1 is 1.32 bits per heavy atom. The van der Waals surface area contributed by atoms with Gasteiger partial charge in [-0.1, -0.05) is 24.2 Å². The van der Waals surface area contributed by atoms with Crippen molar-refractivity contribution >= 4 is 11.0 Å². The molecule has 0 spiro atoms. The number of nitrogens with two attached hydrogens (primary N) is 1. The van der Waals surface area contributed by atoms with Crippen molar-refractivity contribution in [2.45, 2.75) is 25.8 Å². The molecule has 0 aliphatic carbocycles. The summed E-state index contributed by atoms with van der Waals surface area (Å²) in [4.78, 5) is 12.0. The third-order valence-corrected chi connectivity index (χ3v) is 3.00. The van der Waals surface area contributed by atoms with E-state index in [1.165, 1.54) is 0 Å². The van der Waals surface area contributed by atoms with E-state index in [-0.39, 0.29) is 6.04 Å². The zero-order valence-corrected chi connectivity index (χ0v) is 10.6. The Morgan fingerprint density at radius 2 is 2.16 bits per heavy atom. The minimum Gasteiger partial charge on any atom is -0.342 e. The van der Waals surface area contributed by atoms with Crippen LogP contribution in [-0.2, 0) is 6.42 Å². The van der Waals surface area contributed by atoms with Gasteiger partial charge in [0.15, 0.2) is 5.82 Å². The van der Waals surface area contributed by atoms with Crippen molar-refractivity contribution in [2.75, 3.05) is 0 Å². The second kappa shape index (κ2) is 4.81. The summed E-state index contributed by atoms with van der Waals surface area (Å²) in [5.74, 6) is 1.89. The van der Waals surface area contributed by atoms with Crippen LogP contribution in [0.25, 0.3) is 11.0 Å². The summed E-state index contributed by atoms with van der Waals surface area (Å²) in [7, 11) is 0. The molecule has 1 atom stereocenters. The van der Waals surface area contributed by atoms with Crippen molar-refractivity contribution in [1.82, 2.24) is 20.1 Å². The highest BCUT2D eigenvalue weighted by Gasteiger charge is 2.14. The summed E-state index contributed by atoms with van der Waals surface area (Å²) < 4.78 is 5.14. The smallest absolute Gasteiger partial charge is 0.243 e. The lowest BCUT2D eigenvalue weighted by Crippen LogP contribution is -2.09. The maximum absolute atomic E-state index is 5.84. The van der Waals surface area contributed by atoms with Crippen molar-refractivity contribution in [3.63, 3.8) is 0 Å². The molecular formula is C13H15N5O. The number of para-hydroxylation sites is 2. The predicted molar refractivity (Wildman–Crippen MR) is 70.4 cm³/mol. The monoisotopic (exact) mass is 257 g/mol. The summed E-state index contributed by atoms with van der Waals surface area (Å²) in [5.41, 5.74) is 7.79. The summed E-state index contributed by atoms with van der Waals surface area (Å²) >= 11 is 0. The molecule has 0 aliphatic heterocycles. The molecular weight excluding hydrogens is 242 g/mol. The molecule has 2 heterocycles. The Labute approximate surface area is 110 Å². The molecule has 98 valence electrons. The van der Waals surface area contributed by atoms with Crippen LogP contribution in [0.4, 0.5) is 0 Å². The molecule has 2 aromatic heterocycles. The van der Waals surface area contributed by atoms with Gasteiger partial charge < -0.3 is 15.2 Å². The van der Waals surface area contributed by atoms with Gasteiger partial charge in [-0.25, -0.2) is 4.98 Å². The first kappa shape index (κ1) is 11.9. The molecule has 0 saturated carbocycles. The van der Waals surface area contributed by atoms with Gasteiger partial charge in [-0.15, -0.1) is 0 Å². The topological polar surface area (TPSA) is 93.6 Å². The van der Waals surface area contributed by atoms with Gasteiger partial charge in [-0.2, -0.15) is 4.98 Å². The normalized spacial score (nSPS) is 12.9. The van der Waals surface area contributed by atoms with Crippen molar-refractivity contribution in [1.29, 1.82) is 0 Å². The lowest BCUT2D eigenvalue weighted by atomic mass is 10.2. The largest absolute Gasteiger partial charge is 0.342 e. The van der Waals surface area contributed by atoms with Crippen LogP contribution in [0.15, 0.2) is 28.8 Å². The average molecular weight is 257 g/mol. The Kier molecular flexibility index (Phi) is 3.00. The first-order valence-corrected chi connectivity index (χ1v) is 6.28. The summed E-state index contributed by atoms with van der Waals surface area (Å²) in [5, 5.41) is 3.92. The van der Waals surface area contributed by atoms with E-state index in [0.717, 1.165) is 23.3 Å². The maximum atomic E-state index is 5.84. The van der Waals surface area contributed by atoms with Gasteiger partial charge in [-0.3, -0.25) is 0 Å². The lowest BCUT2D eigenvalue weighted by Gasteiger charge is -1.98. The molecule has 19 heavy (non-hydrogen) atoms. The zero-order valence-electron chi connectivity index (χ0n) is 10.6. The molecule has 0 unspecified atom stereocenters. The Hall–Kier alpha value is -2.21. The number of hydrogen-bond donors (Lipinski definition) is 2. The van der Waals surface area contributed by atoms with Gasteiger partial charge >= 0.3 is 0 Å². The van der Waals surface area contributed by atoms with Crippen LogP contribution in [-0.4, -0.2) is 20.1 Å². The van der Waals surface area contributed by atoms with Gasteiger partial charge in [-0.05, 0) is 18.6 Å². The van der Waals surface area contributed by atoms with Crippen molar-refractivity contribution in [3.05, 3.63) is 41.8 Å². The molecule has 0 aliphatic rings. The number of nitrogens with one attached hydrogen (secondary N) is 1. The van der Waals surface area contributed by atoms with Crippen LogP contribution in [0.1, 0.15) is 36.9 Å².